The molecule has 1 aromatic rings. The summed E-state index contributed by atoms with van der Waals surface area (Å²) in [7, 11) is -3.42. The molecular weight excluding hydrogens is 284 g/mol. The van der Waals surface area contributed by atoms with Crippen molar-refractivity contribution in [2.24, 2.45) is 5.92 Å². The van der Waals surface area contributed by atoms with Crippen molar-refractivity contribution in [1.82, 2.24) is 4.72 Å². The minimum Gasteiger partial charge on any atom is -0.385 e. The largest absolute Gasteiger partial charge is 0.385 e. The van der Waals surface area contributed by atoms with E-state index in [1.54, 1.807) is 12.1 Å². The van der Waals surface area contributed by atoms with E-state index < -0.39 is 10.0 Å². The summed E-state index contributed by atoms with van der Waals surface area (Å²) in [6, 6.07) is 5.46. The van der Waals surface area contributed by atoms with Crippen LogP contribution in [0.5, 0.6) is 0 Å². The maximum absolute atomic E-state index is 12.5. The molecule has 1 saturated carbocycles. The fourth-order valence-electron chi connectivity index (χ4n) is 3.47. The molecule has 3 rings (SSSR count). The van der Waals surface area contributed by atoms with Gasteiger partial charge in [-0.15, -0.1) is 0 Å². The Hall–Kier alpha value is -1.07. The number of fused-ring (bicyclic) bond motifs is 1. The lowest BCUT2D eigenvalue weighted by Crippen LogP contribution is -2.37. The van der Waals surface area contributed by atoms with Crippen LogP contribution in [0.3, 0.4) is 0 Å². The first kappa shape index (κ1) is 14.9. The second kappa shape index (κ2) is 5.97. The summed E-state index contributed by atoms with van der Waals surface area (Å²) in [4.78, 5) is 0.375. The Labute approximate surface area is 127 Å². The zero-order chi connectivity index (χ0) is 14.9. The molecule has 0 radical (unpaired) electrons. The van der Waals surface area contributed by atoms with E-state index in [1.165, 1.54) is 18.4 Å². The zero-order valence-corrected chi connectivity index (χ0v) is 13.4. The minimum atomic E-state index is -3.42. The molecule has 1 aliphatic carbocycles. The summed E-state index contributed by atoms with van der Waals surface area (Å²) in [5.41, 5.74) is 2.18. The Bertz CT molecular complexity index is 607. The molecule has 0 spiro atoms. The molecule has 1 heterocycles. The highest BCUT2D eigenvalue weighted by Crippen LogP contribution is 2.29. The molecule has 116 valence electrons. The second-order valence-corrected chi connectivity index (χ2v) is 8.02. The fourth-order valence-corrected chi connectivity index (χ4v) is 4.81. The van der Waals surface area contributed by atoms with Gasteiger partial charge in [-0.25, -0.2) is 13.1 Å². The third kappa shape index (κ3) is 3.24. The van der Waals surface area contributed by atoms with Crippen molar-refractivity contribution in [3.8, 4) is 0 Å². The van der Waals surface area contributed by atoms with Crippen molar-refractivity contribution in [2.45, 2.75) is 56.4 Å². The molecule has 4 nitrogen and oxygen atoms in total. The van der Waals surface area contributed by atoms with Gasteiger partial charge in [-0.3, -0.25) is 0 Å². The number of nitrogens with one attached hydrogen (secondary N) is 2. The molecule has 1 unspecified atom stereocenters. The maximum atomic E-state index is 12.5. The van der Waals surface area contributed by atoms with Crippen molar-refractivity contribution in [3.63, 3.8) is 0 Å². The molecule has 0 bridgehead atoms. The monoisotopic (exact) mass is 308 g/mol. The number of hydrogen-bond donors (Lipinski definition) is 2. The van der Waals surface area contributed by atoms with E-state index in [4.69, 9.17) is 0 Å². The average molecular weight is 308 g/mol. The van der Waals surface area contributed by atoms with Gasteiger partial charge in [0, 0.05) is 18.3 Å². The van der Waals surface area contributed by atoms with Gasteiger partial charge in [-0.05, 0) is 56.2 Å². The van der Waals surface area contributed by atoms with Gasteiger partial charge in [-0.1, -0.05) is 18.9 Å². The Morgan fingerprint density at radius 1 is 1.24 bits per heavy atom. The molecule has 1 aliphatic heterocycles. The summed E-state index contributed by atoms with van der Waals surface area (Å²) >= 11 is 0. The molecule has 1 atom stereocenters. The van der Waals surface area contributed by atoms with Crippen LogP contribution in [-0.4, -0.2) is 21.0 Å². The van der Waals surface area contributed by atoms with Gasteiger partial charge >= 0.3 is 0 Å². The quantitative estimate of drug-likeness (QED) is 0.899. The van der Waals surface area contributed by atoms with E-state index in [9.17, 15) is 8.42 Å². The van der Waals surface area contributed by atoms with Crippen LogP contribution in [0.2, 0.25) is 0 Å². The highest BCUT2D eigenvalue weighted by atomic mass is 32.2. The standard InChI is InChI=1S/C16H24N2O2S/c1-12(13-5-2-3-6-13)18-21(19,20)15-9-8-14-7-4-10-17-16(14)11-15/h8-9,11-13,17-18H,2-7,10H2,1H3. The number of benzene rings is 1. The molecule has 5 heteroatoms. The normalized spacial score (nSPS) is 20.8. The predicted molar refractivity (Wildman–Crippen MR) is 85.0 cm³/mol. The zero-order valence-electron chi connectivity index (χ0n) is 12.6. The first-order valence-electron chi connectivity index (χ1n) is 7.95. The van der Waals surface area contributed by atoms with Crippen LogP contribution in [0.1, 0.15) is 44.6 Å². The highest BCUT2D eigenvalue weighted by molar-refractivity contribution is 7.89. The van der Waals surface area contributed by atoms with Crippen LogP contribution in [0.4, 0.5) is 5.69 Å². The van der Waals surface area contributed by atoms with E-state index in [1.807, 2.05) is 13.0 Å². The number of hydrogen-bond acceptors (Lipinski definition) is 3. The minimum absolute atomic E-state index is 0.0153. The van der Waals surface area contributed by atoms with E-state index in [0.29, 0.717) is 10.8 Å². The Balaban J connectivity index is 1.77. The lowest BCUT2D eigenvalue weighted by molar-refractivity contribution is 0.424. The van der Waals surface area contributed by atoms with E-state index in [0.717, 1.165) is 37.9 Å². The van der Waals surface area contributed by atoms with Crippen LogP contribution in [0.25, 0.3) is 0 Å². The van der Waals surface area contributed by atoms with Gasteiger partial charge in [-0.2, -0.15) is 0 Å². The SMILES string of the molecule is CC(NS(=O)(=O)c1ccc2c(c1)NCCC2)C1CCCC1. The highest BCUT2D eigenvalue weighted by Gasteiger charge is 2.26. The Kier molecular flexibility index (Phi) is 4.22. The summed E-state index contributed by atoms with van der Waals surface area (Å²) < 4.78 is 28.0. The molecule has 0 saturated heterocycles. The van der Waals surface area contributed by atoms with Crippen molar-refractivity contribution < 1.29 is 8.42 Å². The number of aryl methyl sites for hydroxylation is 1. The van der Waals surface area contributed by atoms with Crippen molar-refractivity contribution >= 4 is 15.7 Å². The molecule has 0 amide bonds. The lowest BCUT2D eigenvalue weighted by atomic mass is 10.0. The second-order valence-electron chi connectivity index (χ2n) is 6.30. The molecule has 1 fully saturated rings. The number of sulfonamides is 1. The average Bonchev–Trinajstić information content (AvgIpc) is 3.00. The molecule has 2 aliphatic rings. The maximum Gasteiger partial charge on any atom is 0.240 e. The van der Waals surface area contributed by atoms with Crippen molar-refractivity contribution in [3.05, 3.63) is 23.8 Å². The molecular formula is C16H24N2O2S. The summed E-state index contributed by atoms with van der Waals surface area (Å²) in [5.74, 6) is 0.482. The summed E-state index contributed by atoms with van der Waals surface area (Å²) in [5, 5.41) is 3.29. The van der Waals surface area contributed by atoms with Gasteiger partial charge < -0.3 is 5.32 Å². The van der Waals surface area contributed by atoms with Crippen molar-refractivity contribution in [2.75, 3.05) is 11.9 Å². The van der Waals surface area contributed by atoms with Crippen LogP contribution in [0.15, 0.2) is 23.1 Å². The van der Waals surface area contributed by atoms with Gasteiger partial charge in [0.05, 0.1) is 4.90 Å². The first-order valence-corrected chi connectivity index (χ1v) is 9.44. The van der Waals surface area contributed by atoms with E-state index in [2.05, 4.69) is 10.0 Å². The van der Waals surface area contributed by atoms with Gasteiger partial charge in [0.1, 0.15) is 0 Å². The Morgan fingerprint density at radius 2 is 2.00 bits per heavy atom. The van der Waals surface area contributed by atoms with Crippen molar-refractivity contribution in [1.29, 1.82) is 0 Å². The van der Waals surface area contributed by atoms with E-state index >= 15 is 0 Å². The number of anilines is 1. The molecule has 1 aromatic carbocycles. The van der Waals surface area contributed by atoms with Crippen LogP contribution >= 0.6 is 0 Å². The van der Waals surface area contributed by atoms with Crippen LogP contribution < -0.4 is 10.0 Å². The third-order valence-corrected chi connectivity index (χ3v) is 6.33. The lowest BCUT2D eigenvalue weighted by Gasteiger charge is -2.22. The third-order valence-electron chi connectivity index (χ3n) is 4.78. The smallest absolute Gasteiger partial charge is 0.240 e. The molecule has 21 heavy (non-hydrogen) atoms. The topological polar surface area (TPSA) is 58.2 Å². The fraction of sp³-hybridized carbons (Fsp3) is 0.625. The van der Waals surface area contributed by atoms with Gasteiger partial charge in [0.25, 0.3) is 0 Å². The van der Waals surface area contributed by atoms with Crippen LogP contribution in [-0.2, 0) is 16.4 Å². The first-order chi connectivity index (χ1) is 10.1. The summed E-state index contributed by atoms with van der Waals surface area (Å²) in [6.07, 6.45) is 6.84. The molecule has 2 N–H and O–H groups in total. The Morgan fingerprint density at radius 3 is 2.76 bits per heavy atom. The summed E-state index contributed by atoms with van der Waals surface area (Å²) in [6.45, 7) is 2.91. The number of rotatable bonds is 4. The molecule has 0 aromatic heterocycles. The van der Waals surface area contributed by atoms with E-state index in [-0.39, 0.29) is 6.04 Å². The predicted octanol–water partition coefficient (Wildman–Crippen LogP) is 2.90. The van der Waals surface area contributed by atoms with Crippen LogP contribution in [0, 0.1) is 5.92 Å². The van der Waals surface area contributed by atoms with Gasteiger partial charge in [0.2, 0.25) is 10.0 Å². The van der Waals surface area contributed by atoms with Gasteiger partial charge in [0.15, 0.2) is 0 Å².